The molecule has 0 aliphatic carbocycles. The fourth-order valence-corrected chi connectivity index (χ4v) is 2.38. The maximum Gasteiger partial charge on any atom is 0.239 e. The molecule has 1 unspecified atom stereocenters. The Bertz CT molecular complexity index is 478. The van der Waals surface area contributed by atoms with Gasteiger partial charge in [-0.15, -0.1) is 0 Å². The Kier molecular flexibility index (Phi) is 5.52. The molecule has 0 spiro atoms. The van der Waals surface area contributed by atoms with E-state index in [-0.39, 0.29) is 18.0 Å². The average Bonchev–Trinajstić information content (AvgIpc) is 2.47. The van der Waals surface area contributed by atoms with Crippen molar-refractivity contribution in [2.24, 2.45) is 0 Å². The van der Waals surface area contributed by atoms with Crippen molar-refractivity contribution in [2.45, 2.75) is 32.5 Å². The molecule has 0 aromatic carbocycles. The van der Waals surface area contributed by atoms with Gasteiger partial charge in [-0.1, -0.05) is 0 Å². The summed E-state index contributed by atoms with van der Waals surface area (Å²) in [6, 6.07) is 3.81. The van der Waals surface area contributed by atoms with Gasteiger partial charge in [0.2, 0.25) is 5.91 Å². The second-order valence-electron chi connectivity index (χ2n) is 5.51. The largest absolute Gasteiger partial charge is 0.388 e. The summed E-state index contributed by atoms with van der Waals surface area (Å²) in [6.45, 7) is 6.39. The Morgan fingerprint density at radius 1 is 1.57 bits per heavy atom. The van der Waals surface area contributed by atoms with Crippen molar-refractivity contribution in [1.82, 2.24) is 15.2 Å². The van der Waals surface area contributed by atoms with Crippen molar-refractivity contribution < 1.29 is 9.53 Å². The van der Waals surface area contributed by atoms with Crippen LogP contribution in [0, 0.1) is 0 Å². The lowest BCUT2D eigenvalue weighted by Crippen LogP contribution is -2.54. The van der Waals surface area contributed by atoms with E-state index >= 15 is 0 Å². The third-order valence-electron chi connectivity index (χ3n) is 3.44. The maximum absolute atomic E-state index is 12.3. The van der Waals surface area contributed by atoms with Crippen LogP contribution in [0.1, 0.15) is 19.5 Å². The smallest absolute Gasteiger partial charge is 0.239 e. The Balaban J connectivity index is 2.06. The van der Waals surface area contributed by atoms with Crippen LogP contribution < -0.4 is 10.6 Å². The highest BCUT2D eigenvalue weighted by Gasteiger charge is 2.29. The summed E-state index contributed by atoms with van der Waals surface area (Å²) >= 11 is 0. The van der Waals surface area contributed by atoms with Crippen LogP contribution in [0.2, 0.25) is 0 Å². The number of hydrogen-bond donors (Lipinski definition) is 2. The van der Waals surface area contributed by atoms with Gasteiger partial charge in [-0.2, -0.15) is 0 Å². The molecule has 1 amide bonds. The van der Waals surface area contributed by atoms with Crippen molar-refractivity contribution >= 4 is 11.6 Å². The molecule has 2 N–H and O–H groups in total. The summed E-state index contributed by atoms with van der Waals surface area (Å²) in [7, 11) is 1.88. The number of aromatic nitrogens is 1. The topological polar surface area (TPSA) is 66.5 Å². The van der Waals surface area contributed by atoms with E-state index < -0.39 is 0 Å². The molecule has 2 heterocycles. The van der Waals surface area contributed by atoms with E-state index in [4.69, 9.17) is 4.74 Å². The molecular formula is C15H24N4O2. The lowest BCUT2D eigenvalue weighted by Gasteiger charge is -2.34. The van der Waals surface area contributed by atoms with Gasteiger partial charge in [0.05, 0.1) is 18.9 Å². The second-order valence-corrected chi connectivity index (χ2v) is 5.51. The van der Waals surface area contributed by atoms with Crippen LogP contribution in [0.15, 0.2) is 18.3 Å². The van der Waals surface area contributed by atoms with Gasteiger partial charge in [-0.05, 0) is 26.0 Å². The van der Waals surface area contributed by atoms with Gasteiger partial charge in [0, 0.05) is 38.1 Å². The molecule has 0 bridgehead atoms. The minimum absolute atomic E-state index is 0.0227. The summed E-state index contributed by atoms with van der Waals surface area (Å²) in [5, 5.41) is 6.06. The van der Waals surface area contributed by atoms with Gasteiger partial charge in [0.15, 0.2) is 0 Å². The number of nitrogens with zero attached hydrogens (tertiary/aromatic N) is 2. The molecule has 1 aliphatic rings. The van der Waals surface area contributed by atoms with E-state index in [1.165, 1.54) is 0 Å². The summed E-state index contributed by atoms with van der Waals surface area (Å²) in [6.07, 6.45) is 1.78. The van der Waals surface area contributed by atoms with E-state index in [1.807, 2.05) is 33.0 Å². The van der Waals surface area contributed by atoms with Crippen LogP contribution in [0.3, 0.4) is 0 Å². The summed E-state index contributed by atoms with van der Waals surface area (Å²) in [5.41, 5.74) is 1.97. The zero-order valence-electron chi connectivity index (χ0n) is 12.9. The standard InChI is InChI=1S/C15H24N4O2/c1-11(2)18-15(20)14-10-21-7-6-19(14)9-13-8-12(16-3)4-5-17-13/h4-5,8,11,14H,6-7,9-10H2,1-3H3,(H,16,17)(H,18,20). The quantitative estimate of drug-likeness (QED) is 0.842. The number of ether oxygens (including phenoxy) is 1. The fourth-order valence-electron chi connectivity index (χ4n) is 2.38. The van der Waals surface area contributed by atoms with Crippen LogP contribution in [0.25, 0.3) is 0 Å². The van der Waals surface area contributed by atoms with Crippen molar-refractivity contribution in [3.63, 3.8) is 0 Å². The molecule has 1 fully saturated rings. The predicted molar refractivity (Wildman–Crippen MR) is 82.1 cm³/mol. The van der Waals surface area contributed by atoms with Gasteiger partial charge >= 0.3 is 0 Å². The van der Waals surface area contributed by atoms with Gasteiger partial charge in [-0.3, -0.25) is 14.7 Å². The summed E-state index contributed by atoms with van der Waals surface area (Å²) in [5.74, 6) is 0.0227. The highest BCUT2D eigenvalue weighted by Crippen LogP contribution is 2.14. The Morgan fingerprint density at radius 3 is 3.10 bits per heavy atom. The molecule has 1 saturated heterocycles. The monoisotopic (exact) mass is 292 g/mol. The van der Waals surface area contributed by atoms with Crippen LogP contribution in [0.4, 0.5) is 5.69 Å². The van der Waals surface area contributed by atoms with E-state index in [2.05, 4.69) is 20.5 Å². The number of pyridine rings is 1. The van der Waals surface area contributed by atoms with Gasteiger partial charge < -0.3 is 15.4 Å². The lowest BCUT2D eigenvalue weighted by atomic mass is 10.1. The van der Waals surface area contributed by atoms with Crippen molar-refractivity contribution in [2.75, 3.05) is 32.1 Å². The third-order valence-corrected chi connectivity index (χ3v) is 3.44. The zero-order chi connectivity index (χ0) is 15.2. The molecule has 0 radical (unpaired) electrons. The molecule has 2 rings (SSSR count). The molecular weight excluding hydrogens is 268 g/mol. The lowest BCUT2D eigenvalue weighted by molar-refractivity contribution is -0.133. The number of amides is 1. The highest BCUT2D eigenvalue weighted by atomic mass is 16.5. The van der Waals surface area contributed by atoms with Gasteiger partial charge in [0.25, 0.3) is 0 Å². The highest BCUT2D eigenvalue weighted by molar-refractivity contribution is 5.82. The molecule has 6 heteroatoms. The number of carbonyl (C=O) groups excluding carboxylic acids is 1. The first-order valence-electron chi connectivity index (χ1n) is 7.35. The number of nitrogens with one attached hydrogen (secondary N) is 2. The maximum atomic E-state index is 12.3. The normalized spacial score (nSPS) is 19.5. The SMILES string of the molecule is CNc1ccnc(CN2CCOCC2C(=O)NC(C)C)c1. The molecule has 21 heavy (non-hydrogen) atoms. The number of morpholine rings is 1. The molecule has 1 aromatic rings. The van der Waals surface area contributed by atoms with Gasteiger partial charge in [0.1, 0.15) is 6.04 Å². The zero-order valence-corrected chi connectivity index (χ0v) is 12.9. The van der Waals surface area contributed by atoms with E-state index in [0.29, 0.717) is 19.8 Å². The molecule has 1 atom stereocenters. The van der Waals surface area contributed by atoms with Crippen LogP contribution in [-0.4, -0.2) is 54.7 Å². The summed E-state index contributed by atoms with van der Waals surface area (Å²) in [4.78, 5) is 18.8. The van der Waals surface area contributed by atoms with Crippen molar-refractivity contribution in [3.05, 3.63) is 24.0 Å². The number of rotatable bonds is 5. The van der Waals surface area contributed by atoms with E-state index in [9.17, 15) is 4.79 Å². The number of carbonyl (C=O) groups is 1. The molecule has 116 valence electrons. The summed E-state index contributed by atoms with van der Waals surface area (Å²) < 4.78 is 5.46. The predicted octanol–water partition coefficient (Wildman–Crippen LogP) is 0.849. The van der Waals surface area contributed by atoms with Crippen molar-refractivity contribution in [3.8, 4) is 0 Å². The number of anilines is 1. The fraction of sp³-hybridized carbons (Fsp3) is 0.600. The average molecular weight is 292 g/mol. The van der Waals surface area contributed by atoms with Crippen molar-refractivity contribution in [1.29, 1.82) is 0 Å². The number of hydrogen-bond acceptors (Lipinski definition) is 5. The first-order valence-corrected chi connectivity index (χ1v) is 7.35. The Morgan fingerprint density at radius 2 is 2.38 bits per heavy atom. The third kappa shape index (κ3) is 4.41. The first kappa shape index (κ1) is 15.7. The van der Waals surface area contributed by atoms with Crippen LogP contribution in [0.5, 0.6) is 0 Å². The Labute approximate surface area is 125 Å². The first-order chi connectivity index (χ1) is 10.1. The van der Waals surface area contributed by atoms with E-state index in [1.54, 1.807) is 6.20 Å². The Hall–Kier alpha value is -1.66. The molecule has 0 saturated carbocycles. The van der Waals surface area contributed by atoms with Crippen LogP contribution in [-0.2, 0) is 16.1 Å². The minimum atomic E-state index is -0.249. The minimum Gasteiger partial charge on any atom is -0.388 e. The van der Waals surface area contributed by atoms with Gasteiger partial charge in [-0.25, -0.2) is 0 Å². The van der Waals surface area contributed by atoms with Crippen LogP contribution >= 0.6 is 0 Å². The molecule has 1 aromatic heterocycles. The molecule has 6 nitrogen and oxygen atoms in total. The van der Waals surface area contributed by atoms with E-state index in [0.717, 1.165) is 17.9 Å². The second kappa shape index (κ2) is 7.38. The molecule has 1 aliphatic heterocycles.